The van der Waals surface area contributed by atoms with E-state index >= 15 is 0 Å². The highest BCUT2D eigenvalue weighted by atomic mass is 35.5. The fourth-order valence-electron chi connectivity index (χ4n) is 1.83. The molecule has 0 amide bonds. The maximum absolute atomic E-state index is 6.12. The summed E-state index contributed by atoms with van der Waals surface area (Å²) in [6.45, 7) is 0.688. The second-order valence-corrected chi connectivity index (χ2v) is 5.18. The van der Waals surface area contributed by atoms with Crippen molar-refractivity contribution in [3.63, 3.8) is 0 Å². The summed E-state index contributed by atoms with van der Waals surface area (Å²) < 4.78 is 5.62. The van der Waals surface area contributed by atoms with Crippen LogP contribution >= 0.6 is 23.1 Å². The smallest absolute Gasteiger partial charge is 0.147 e. The molecule has 0 bridgehead atoms. The average Bonchev–Trinajstić information content (AvgIpc) is 2.81. The van der Waals surface area contributed by atoms with E-state index in [1.54, 1.807) is 0 Å². The average molecular weight is 275 g/mol. The number of fused-ring (bicyclic) bond motifs is 1. The summed E-state index contributed by atoms with van der Waals surface area (Å²) >= 11 is 7.63. The first-order valence-corrected chi connectivity index (χ1v) is 6.81. The van der Waals surface area contributed by atoms with Crippen molar-refractivity contribution in [2.45, 2.75) is 6.54 Å². The molecule has 0 aliphatic carbocycles. The lowest BCUT2D eigenvalue weighted by Crippen LogP contribution is -2.00. The van der Waals surface area contributed by atoms with Gasteiger partial charge in [0.25, 0.3) is 0 Å². The summed E-state index contributed by atoms with van der Waals surface area (Å²) in [5.74, 6) is 0.926. The molecular formula is C14H11ClN2S. The van der Waals surface area contributed by atoms with Crippen LogP contribution in [0.4, 0.5) is 5.82 Å². The molecule has 0 fully saturated rings. The summed E-state index contributed by atoms with van der Waals surface area (Å²) in [4.78, 5) is 0. The lowest BCUT2D eigenvalue weighted by Gasteiger charge is -2.05. The van der Waals surface area contributed by atoms with E-state index in [1.165, 1.54) is 16.2 Å². The Morgan fingerprint density at radius 3 is 2.72 bits per heavy atom. The van der Waals surface area contributed by atoms with Crippen LogP contribution < -0.4 is 5.32 Å². The normalized spacial score (nSPS) is 10.7. The molecule has 0 saturated carbocycles. The minimum atomic E-state index is 0.688. The van der Waals surface area contributed by atoms with Crippen molar-refractivity contribution in [1.82, 2.24) is 4.37 Å². The van der Waals surface area contributed by atoms with Crippen molar-refractivity contribution < 1.29 is 0 Å². The monoisotopic (exact) mass is 274 g/mol. The third-order valence-electron chi connectivity index (χ3n) is 2.78. The van der Waals surface area contributed by atoms with Gasteiger partial charge in [-0.3, -0.25) is 0 Å². The van der Waals surface area contributed by atoms with Gasteiger partial charge in [0.2, 0.25) is 0 Å². The summed E-state index contributed by atoms with van der Waals surface area (Å²) in [5, 5.41) is 5.28. The first kappa shape index (κ1) is 11.5. The van der Waals surface area contributed by atoms with Crippen molar-refractivity contribution in [3.8, 4) is 0 Å². The van der Waals surface area contributed by atoms with Crippen LogP contribution in [0.2, 0.25) is 5.02 Å². The van der Waals surface area contributed by atoms with E-state index in [-0.39, 0.29) is 0 Å². The number of hydrogen-bond acceptors (Lipinski definition) is 3. The van der Waals surface area contributed by atoms with Crippen LogP contribution in [-0.4, -0.2) is 4.37 Å². The van der Waals surface area contributed by atoms with Gasteiger partial charge in [0.05, 0.1) is 4.70 Å². The number of rotatable bonds is 3. The van der Waals surface area contributed by atoms with E-state index in [0.717, 1.165) is 21.8 Å². The molecule has 1 N–H and O–H groups in total. The highest BCUT2D eigenvalue weighted by Gasteiger charge is 2.05. The van der Waals surface area contributed by atoms with Gasteiger partial charge in [-0.15, -0.1) is 0 Å². The Balaban J connectivity index is 1.83. The second-order valence-electron chi connectivity index (χ2n) is 3.97. The third kappa shape index (κ3) is 2.19. The number of nitrogens with zero attached hydrogens (tertiary/aromatic N) is 1. The molecule has 1 heterocycles. The lowest BCUT2D eigenvalue weighted by atomic mass is 10.2. The van der Waals surface area contributed by atoms with E-state index in [2.05, 4.69) is 21.8 Å². The molecule has 1 aromatic heterocycles. The SMILES string of the molecule is Clc1ccccc1CNc1nsc2ccccc12. The van der Waals surface area contributed by atoms with Crippen LogP contribution in [0.5, 0.6) is 0 Å². The van der Waals surface area contributed by atoms with Crippen LogP contribution in [0.1, 0.15) is 5.56 Å². The largest absolute Gasteiger partial charge is 0.365 e. The molecular weight excluding hydrogens is 264 g/mol. The molecule has 18 heavy (non-hydrogen) atoms. The first-order valence-electron chi connectivity index (χ1n) is 5.66. The van der Waals surface area contributed by atoms with E-state index in [9.17, 15) is 0 Å². The van der Waals surface area contributed by atoms with Crippen LogP contribution in [0.25, 0.3) is 10.1 Å². The quantitative estimate of drug-likeness (QED) is 0.757. The molecule has 90 valence electrons. The van der Waals surface area contributed by atoms with Gasteiger partial charge in [-0.1, -0.05) is 41.9 Å². The number of anilines is 1. The van der Waals surface area contributed by atoms with Gasteiger partial charge in [0.1, 0.15) is 5.82 Å². The Hall–Kier alpha value is -1.58. The molecule has 0 saturated heterocycles. The van der Waals surface area contributed by atoms with Crippen molar-refractivity contribution >= 4 is 39.0 Å². The topological polar surface area (TPSA) is 24.9 Å². The molecule has 2 aromatic carbocycles. The number of aromatic nitrogens is 1. The fraction of sp³-hybridized carbons (Fsp3) is 0.0714. The summed E-state index contributed by atoms with van der Waals surface area (Å²) in [7, 11) is 0. The maximum atomic E-state index is 6.12. The molecule has 0 atom stereocenters. The van der Waals surface area contributed by atoms with Crippen molar-refractivity contribution in [1.29, 1.82) is 0 Å². The number of hydrogen-bond donors (Lipinski definition) is 1. The van der Waals surface area contributed by atoms with Crippen molar-refractivity contribution in [2.75, 3.05) is 5.32 Å². The second kappa shape index (κ2) is 4.96. The van der Waals surface area contributed by atoms with E-state index in [4.69, 9.17) is 11.6 Å². The predicted molar refractivity (Wildman–Crippen MR) is 78.4 cm³/mol. The minimum absolute atomic E-state index is 0.688. The van der Waals surface area contributed by atoms with Crippen molar-refractivity contribution in [2.24, 2.45) is 0 Å². The Morgan fingerprint density at radius 2 is 1.83 bits per heavy atom. The van der Waals surface area contributed by atoms with E-state index in [0.29, 0.717) is 6.54 Å². The number of benzene rings is 2. The summed E-state index contributed by atoms with van der Waals surface area (Å²) in [6.07, 6.45) is 0. The van der Waals surface area contributed by atoms with Gasteiger partial charge in [0, 0.05) is 17.0 Å². The predicted octanol–water partition coefficient (Wildman–Crippen LogP) is 4.56. The van der Waals surface area contributed by atoms with Crippen LogP contribution in [-0.2, 0) is 6.54 Å². The Bertz CT molecular complexity index is 678. The molecule has 3 rings (SSSR count). The number of halogens is 1. The lowest BCUT2D eigenvalue weighted by molar-refractivity contribution is 1.14. The van der Waals surface area contributed by atoms with Gasteiger partial charge in [-0.2, -0.15) is 4.37 Å². The van der Waals surface area contributed by atoms with Crippen LogP contribution in [0.3, 0.4) is 0 Å². The Labute approximate surface area is 114 Å². The van der Waals surface area contributed by atoms with E-state index in [1.807, 2.05) is 36.4 Å². The fourth-order valence-corrected chi connectivity index (χ4v) is 2.79. The summed E-state index contributed by atoms with van der Waals surface area (Å²) in [5.41, 5.74) is 1.08. The van der Waals surface area contributed by atoms with Gasteiger partial charge in [-0.25, -0.2) is 0 Å². The van der Waals surface area contributed by atoms with E-state index < -0.39 is 0 Å². The molecule has 0 aliphatic heterocycles. The standard InChI is InChI=1S/C14H11ClN2S/c15-12-7-3-1-5-10(12)9-16-14-11-6-2-4-8-13(11)18-17-14/h1-8H,9H2,(H,16,17). The van der Waals surface area contributed by atoms with Crippen LogP contribution in [0.15, 0.2) is 48.5 Å². The Kier molecular flexibility index (Phi) is 3.17. The first-order chi connectivity index (χ1) is 8.84. The molecule has 3 aromatic rings. The Morgan fingerprint density at radius 1 is 1.06 bits per heavy atom. The zero-order chi connectivity index (χ0) is 12.4. The molecule has 0 spiro atoms. The van der Waals surface area contributed by atoms with Gasteiger partial charge in [-0.05, 0) is 35.3 Å². The van der Waals surface area contributed by atoms with Gasteiger partial charge >= 0.3 is 0 Å². The maximum Gasteiger partial charge on any atom is 0.147 e. The van der Waals surface area contributed by atoms with Gasteiger partial charge in [0.15, 0.2) is 0 Å². The highest BCUT2D eigenvalue weighted by molar-refractivity contribution is 7.13. The molecule has 0 unspecified atom stereocenters. The molecule has 0 radical (unpaired) electrons. The van der Waals surface area contributed by atoms with Crippen molar-refractivity contribution in [3.05, 3.63) is 59.1 Å². The highest BCUT2D eigenvalue weighted by Crippen LogP contribution is 2.27. The van der Waals surface area contributed by atoms with Crippen LogP contribution in [0, 0.1) is 0 Å². The third-order valence-corrected chi connectivity index (χ3v) is 3.98. The molecule has 0 aliphatic rings. The zero-order valence-corrected chi connectivity index (χ0v) is 11.1. The zero-order valence-electron chi connectivity index (χ0n) is 9.56. The summed E-state index contributed by atoms with van der Waals surface area (Å²) in [6, 6.07) is 16.0. The number of nitrogens with one attached hydrogen (secondary N) is 1. The minimum Gasteiger partial charge on any atom is -0.365 e. The molecule has 4 heteroatoms. The molecule has 2 nitrogen and oxygen atoms in total. The van der Waals surface area contributed by atoms with Gasteiger partial charge < -0.3 is 5.32 Å².